The van der Waals surface area contributed by atoms with Crippen molar-refractivity contribution in [1.82, 2.24) is 15.1 Å². The monoisotopic (exact) mass is 484 g/mol. The second kappa shape index (κ2) is 7.63. The molecule has 1 atom stereocenters. The second-order valence-corrected chi connectivity index (χ2v) is 9.23. The van der Waals surface area contributed by atoms with Gasteiger partial charge in [-0.05, 0) is 37.5 Å². The normalized spacial score (nSPS) is 27.6. The number of rotatable bonds is 7. The van der Waals surface area contributed by atoms with Crippen molar-refractivity contribution >= 4 is 29.0 Å². The highest BCUT2D eigenvalue weighted by Gasteiger charge is 2.70. The predicted octanol–water partition coefficient (Wildman–Crippen LogP) is 3.27. The highest BCUT2D eigenvalue weighted by Crippen LogP contribution is 2.65. The van der Waals surface area contributed by atoms with Crippen LogP contribution in [0, 0.1) is 0 Å². The highest BCUT2D eigenvalue weighted by atomic mass is 35.5. The molecule has 0 unspecified atom stereocenters. The van der Waals surface area contributed by atoms with Gasteiger partial charge in [0.05, 0.1) is 36.0 Å². The molecule has 0 saturated heterocycles. The third kappa shape index (κ3) is 4.15. The Kier molecular flexibility index (Phi) is 5.09. The molecule has 1 aromatic carbocycles. The molecule has 0 radical (unpaired) electrons. The molecule has 6 rings (SSSR count). The Morgan fingerprint density at radius 3 is 2.82 bits per heavy atom. The molecular formula is C21H20ClF3N4O4. The highest BCUT2D eigenvalue weighted by molar-refractivity contribution is 6.31. The van der Waals surface area contributed by atoms with Gasteiger partial charge in [-0.15, -0.1) is 13.2 Å². The number of nitrogens with zero attached hydrogens (tertiary/aromatic N) is 2. The largest absolute Gasteiger partial charge is 0.522 e. The number of ether oxygens (including phenoxy) is 2. The molecule has 0 spiro atoms. The lowest BCUT2D eigenvalue weighted by Crippen LogP contribution is -2.79. The molecule has 3 aliphatic carbocycles. The van der Waals surface area contributed by atoms with E-state index in [9.17, 15) is 22.8 Å². The average Bonchev–Trinajstić information content (AvgIpc) is 3.15. The van der Waals surface area contributed by atoms with Gasteiger partial charge in [-0.3, -0.25) is 19.0 Å². The van der Waals surface area contributed by atoms with E-state index in [0.29, 0.717) is 41.3 Å². The maximum Gasteiger partial charge on any atom is 0.522 e. The fourth-order valence-electron chi connectivity index (χ4n) is 4.93. The Morgan fingerprint density at radius 1 is 1.33 bits per heavy atom. The summed E-state index contributed by atoms with van der Waals surface area (Å²) in [5, 5.41) is 10.6. The molecule has 2 bridgehead atoms. The summed E-state index contributed by atoms with van der Waals surface area (Å²) in [5.41, 5.74) is 0.395. The van der Waals surface area contributed by atoms with Crippen LogP contribution in [0.4, 0.5) is 18.9 Å². The first-order valence-electron chi connectivity index (χ1n) is 10.4. The van der Waals surface area contributed by atoms with Crippen LogP contribution in [-0.2, 0) is 15.1 Å². The van der Waals surface area contributed by atoms with Gasteiger partial charge in [-0.25, -0.2) is 0 Å². The molecule has 1 amide bonds. The number of carbonyl (C=O) groups is 2. The molecule has 8 nitrogen and oxygen atoms in total. The van der Waals surface area contributed by atoms with E-state index in [2.05, 4.69) is 20.5 Å². The van der Waals surface area contributed by atoms with Gasteiger partial charge >= 0.3 is 6.36 Å². The summed E-state index contributed by atoms with van der Waals surface area (Å²) >= 11 is 5.93. The van der Waals surface area contributed by atoms with Gasteiger partial charge in [0.2, 0.25) is 0 Å². The summed E-state index contributed by atoms with van der Waals surface area (Å²) in [6.45, 7) is -0.508. The number of nitrogens with one attached hydrogen (secondary N) is 2. The first kappa shape index (κ1) is 22.0. The van der Waals surface area contributed by atoms with Crippen molar-refractivity contribution in [2.75, 3.05) is 18.5 Å². The third-order valence-electron chi connectivity index (χ3n) is 6.33. The first-order valence-corrected chi connectivity index (χ1v) is 10.8. The predicted molar refractivity (Wildman–Crippen MR) is 110 cm³/mol. The van der Waals surface area contributed by atoms with E-state index in [1.54, 1.807) is 29.2 Å². The van der Waals surface area contributed by atoms with Crippen molar-refractivity contribution in [3.8, 4) is 5.75 Å². The quantitative estimate of drug-likeness (QED) is 0.586. The van der Waals surface area contributed by atoms with Crippen molar-refractivity contribution in [1.29, 1.82) is 0 Å². The molecule has 1 aliphatic heterocycles. The van der Waals surface area contributed by atoms with E-state index < -0.39 is 19.1 Å². The summed E-state index contributed by atoms with van der Waals surface area (Å²) in [5.74, 6) is -0.169. The lowest BCUT2D eigenvalue weighted by atomic mass is 9.44. The zero-order valence-corrected chi connectivity index (χ0v) is 18.0. The number of carbonyl (C=O) groups excluding carboxylic acids is 2. The Hall–Kier alpha value is -2.79. The van der Waals surface area contributed by atoms with Crippen LogP contribution in [0.5, 0.6) is 5.75 Å². The van der Waals surface area contributed by atoms with Crippen molar-refractivity contribution in [3.05, 3.63) is 41.2 Å². The van der Waals surface area contributed by atoms with Crippen molar-refractivity contribution in [2.24, 2.45) is 0 Å². The smallest absolute Gasteiger partial charge is 0.479 e. The van der Waals surface area contributed by atoms with Crippen LogP contribution in [-0.4, -0.2) is 52.6 Å². The number of amides is 1. The fourth-order valence-corrected chi connectivity index (χ4v) is 5.10. The van der Waals surface area contributed by atoms with Gasteiger partial charge in [0.1, 0.15) is 5.75 Å². The van der Waals surface area contributed by atoms with Crippen molar-refractivity contribution in [2.45, 2.75) is 49.2 Å². The number of fused-ring (bicyclic) bond motifs is 1. The number of aromatic nitrogens is 2. The van der Waals surface area contributed by atoms with Crippen LogP contribution in [0.15, 0.2) is 30.6 Å². The van der Waals surface area contributed by atoms with E-state index in [1.165, 1.54) is 6.07 Å². The van der Waals surface area contributed by atoms with Crippen molar-refractivity contribution < 1.29 is 32.2 Å². The Labute approximate surface area is 191 Å². The molecule has 1 aromatic heterocycles. The molecule has 4 aliphatic rings. The lowest BCUT2D eigenvalue weighted by Gasteiger charge is -2.70. The van der Waals surface area contributed by atoms with E-state index in [-0.39, 0.29) is 35.7 Å². The molecule has 3 saturated carbocycles. The minimum atomic E-state index is -4.65. The molecule has 12 heteroatoms. The maximum atomic E-state index is 12.8. The number of benzene rings is 1. The minimum Gasteiger partial charge on any atom is -0.479 e. The minimum absolute atomic E-state index is 0.00631. The fraction of sp³-hybridized carbons (Fsp3) is 0.476. The van der Waals surface area contributed by atoms with Gasteiger partial charge in [-0.2, -0.15) is 5.10 Å². The molecule has 3 fully saturated rings. The van der Waals surface area contributed by atoms with E-state index in [1.807, 2.05) is 0 Å². The second-order valence-electron chi connectivity index (χ2n) is 8.79. The van der Waals surface area contributed by atoms with Gasteiger partial charge in [0.15, 0.2) is 11.9 Å². The number of Topliss-reactive ketones (excluding diaryl/α,β-unsaturated/α-hetero) is 1. The van der Waals surface area contributed by atoms with Gasteiger partial charge in [-0.1, -0.05) is 11.6 Å². The molecule has 2 N–H and O–H groups in total. The average molecular weight is 485 g/mol. The van der Waals surface area contributed by atoms with Gasteiger partial charge in [0, 0.05) is 23.3 Å². The summed E-state index contributed by atoms with van der Waals surface area (Å²) in [6.07, 6.45) is -0.273. The van der Waals surface area contributed by atoms with Crippen LogP contribution in [0.3, 0.4) is 0 Å². The third-order valence-corrected chi connectivity index (χ3v) is 6.57. The van der Waals surface area contributed by atoms with Gasteiger partial charge in [0.25, 0.3) is 5.91 Å². The Morgan fingerprint density at radius 2 is 2.09 bits per heavy atom. The molecule has 2 heterocycles. The Bertz CT molecular complexity index is 1100. The van der Waals surface area contributed by atoms with Crippen molar-refractivity contribution in [3.63, 3.8) is 0 Å². The number of hydrogen-bond acceptors (Lipinski definition) is 6. The summed E-state index contributed by atoms with van der Waals surface area (Å²) in [6, 6.07) is 4.73. The van der Waals surface area contributed by atoms with E-state index in [0.717, 1.165) is 0 Å². The zero-order chi connectivity index (χ0) is 23.4. The van der Waals surface area contributed by atoms with E-state index >= 15 is 0 Å². The topological polar surface area (TPSA) is 94.5 Å². The number of ketones is 1. The summed E-state index contributed by atoms with van der Waals surface area (Å²) in [4.78, 5) is 25.2. The number of alkyl halides is 3. The van der Waals surface area contributed by atoms with E-state index in [4.69, 9.17) is 16.3 Å². The molecule has 176 valence electrons. The Balaban J connectivity index is 1.13. The lowest BCUT2D eigenvalue weighted by molar-refractivity contribution is -0.322. The number of hydrogen-bond donors (Lipinski definition) is 2. The molecular weight excluding hydrogens is 465 g/mol. The van der Waals surface area contributed by atoms with Crippen LogP contribution in [0.2, 0.25) is 5.02 Å². The number of anilines is 1. The van der Waals surface area contributed by atoms with Crippen LogP contribution in [0.25, 0.3) is 0 Å². The first-order chi connectivity index (χ1) is 15.6. The van der Waals surface area contributed by atoms with Crippen LogP contribution in [0.1, 0.15) is 36.0 Å². The summed E-state index contributed by atoms with van der Waals surface area (Å²) < 4.78 is 47.3. The van der Waals surface area contributed by atoms with Gasteiger partial charge < -0.3 is 15.4 Å². The number of halogens is 4. The van der Waals surface area contributed by atoms with Crippen LogP contribution < -0.4 is 15.4 Å². The SMILES string of the molecule is O=C1C[C@H](C(=O)NC23CC(n4cc(NCCOC(F)(F)F)cn4)(C2)C3)Oc2ccc(Cl)cc21. The standard InChI is InChI=1S/C21H20ClF3N4O4/c22-12-1-2-16-14(5-12)15(30)6-17(33-16)18(31)28-19-9-20(10-19,11-19)29-8-13(7-27-29)26-3-4-32-21(23,24)25/h1-2,5,7-8,17,26H,3-4,6,9-11H2,(H,28,31)/t17-,19?,20?/m1/s1. The molecule has 33 heavy (non-hydrogen) atoms. The maximum absolute atomic E-state index is 12.8. The summed E-state index contributed by atoms with van der Waals surface area (Å²) in [7, 11) is 0. The molecule has 2 aromatic rings. The van der Waals surface area contributed by atoms with Crippen LogP contribution >= 0.6 is 11.6 Å². The zero-order valence-electron chi connectivity index (χ0n) is 17.2.